The van der Waals surface area contributed by atoms with Gasteiger partial charge in [0.2, 0.25) is 11.9 Å². The Labute approximate surface area is 162 Å². The van der Waals surface area contributed by atoms with Crippen LogP contribution in [0, 0.1) is 15.5 Å². The quantitative estimate of drug-likeness (QED) is 0.562. The van der Waals surface area contributed by atoms with Crippen molar-refractivity contribution in [2.45, 2.75) is 13.8 Å². The topological polar surface area (TPSA) is 123 Å². The Morgan fingerprint density at radius 2 is 2.15 bits per heavy atom. The van der Waals surface area contributed by atoms with Crippen LogP contribution in [0.1, 0.15) is 13.8 Å². The Balaban J connectivity index is 1.80. The Morgan fingerprint density at radius 3 is 2.89 bits per heavy atom. The molecule has 1 amide bonds. The fourth-order valence-corrected chi connectivity index (χ4v) is 3.15. The van der Waals surface area contributed by atoms with E-state index in [-0.39, 0.29) is 12.5 Å². The third-order valence-electron chi connectivity index (χ3n) is 4.02. The number of benzene rings is 1. The lowest BCUT2D eigenvalue weighted by Gasteiger charge is -2.29. The van der Waals surface area contributed by atoms with Crippen molar-refractivity contribution < 1.29 is 14.7 Å². The summed E-state index contributed by atoms with van der Waals surface area (Å²) in [7, 11) is 0. The van der Waals surface area contributed by atoms with Gasteiger partial charge in [0.1, 0.15) is 12.1 Å². The molecule has 1 aromatic carbocycles. The molecular formula is C16H17BrN6O4. The number of aromatic nitrogens is 2. The fourth-order valence-electron chi connectivity index (χ4n) is 2.61. The van der Waals surface area contributed by atoms with Gasteiger partial charge >= 0.3 is 0 Å². The van der Waals surface area contributed by atoms with E-state index in [4.69, 9.17) is 0 Å². The molecule has 142 valence electrons. The number of fused-ring (bicyclic) bond motifs is 1. The molecule has 1 N–H and O–H groups in total. The fraction of sp³-hybridized carbons (Fsp3) is 0.375. The first-order valence-electron chi connectivity index (χ1n) is 8.09. The zero-order chi connectivity index (χ0) is 19.6. The Kier molecular flexibility index (Phi) is 5.22. The lowest BCUT2D eigenvalue weighted by Crippen LogP contribution is -2.47. The summed E-state index contributed by atoms with van der Waals surface area (Å²) in [5.74, 6) is 0.0583. The molecule has 2 aromatic rings. The van der Waals surface area contributed by atoms with Gasteiger partial charge in [-0.25, -0.2) is 0 Å². The van der Waals surface area contributed by atoms with Crippen LogP contribution in [0.25, 0.3) is 11.0 Å². The van der Waals surface area contributed by atoms with E-state index in [2.05, 4.69) is 41.0 Å². The zero-order valence-corrected chi connectivity index (χ0v) is 16.3. The first-order chi connectivity index (χ1) is 12.8. The van der Waals surface area contributed by atoms with Gasteiger partial charge in [-0.05, 0) is 41.9 Å². The normalized spacial score (nSPS) is 14.2. The Hall–Kier alpha value is -2.82. The molecule has 2 heterocycles. The van der Waals surface area contributed by atoms with Crippen LogP contribution in [-0.2, 0) is 9.63 Å². The zero-order valence-electron chi connectivity index (χ0n) is 14.7. The maximum atomic E-state index is 12.8. The van der Waals surface area contributed by atoms with Crippen molar-refractivity contribution in [1.29, 1.82) is 0 Å². The van der Waals surface area contributed by atoms with Crippen LogP contribution in [0.15, 0.2) is 34.0 Å². The van der Waals surface area contributed by atoms with Crippen LogP contribution < -0.4 is 5.32 Å². The molecule has 0 radical (unpaired) electrons. The highest BCUT2D eigenvalue weighted by Crippen LogP contribution is 2.30. The van der Waals surface area contributed by atoms with E-state index in [9.17, 15) is 14.9 Å². The Morgan fingerprint density at radius 1 is 1.41 bits per heavy atom. The molecule has 3 rings (SSSR count). The number of carbonyl (C=O) groups is 1. The molecule has 11 heteroatoms. The van der Waals surface area contributed by atoms with Gasteiger partial charge in [0.15, 0.2) is 0 Å². The van der Waals surface area contributed by atoms with Crippen molar-refractivity contribution in [3.63, 3.8) is 0 Å². The second kappa shape index (κ2) is 7.43. The average molecular weight is 437 g/mol. The summed E-state index contributed by atoms with van der Waals surface area (Å²) in [6.45, 7) is 3.67. The molecule has 0 saturated carbocycles. The highest BCUT2D eigenvalue weighted by molar-refractivity contribution is 9.10. The number of anilines is 1. The van der Waals surface area contributed by atoms with Gasteiger partial charge in [0.05, 0.1) is 27.6 Å². The number of hydrogen-bond donors (Lipinski definition) is 1. The Bertz CT molecular complexity index is 932. The van der Waals surface area contributed by atoms with Crippen LogP contribution in [0.5, 0.6) is 0 Å². The number of nitrogens with one attached hydrogen (secondary N) is 1. The molecule has 0 saturated heterocycles. The van der Waals surface area contributed by atoms with Crippen molar-refractivity contribution in [2.75, 3.05) is 25.0 Å². The number of guanidine groups is 1. The van der Waals surface area contributed by atoms with E-state index >= 15 is 0 Å². The largest absolute Gasteiger partial charge is 0.325 e. The van der Waals surface area contributed by atoms with Crippen molar-refractivity contribution >= 4 is 44.5 Å². The smallest absolute Gasteiger partial charge is 0.294 e. The molecule has 10 nitrogen and oxygen atoms in total. The van der Waals surface area contributed by atoms with E-state index in [0.717, 1.165) is 5.52 Å². The van der Waals surface area contributed by atoms with Gasteiger partial charge < -0.3 is 10.2 Å². The number of amides is 1. The van der Waals surface area contributed by atoms with Gasteiger partial charge in [-0.1, -0.05) is 0 Å². The van der Waals surface area contributed by atoms with Crippen LogP contribution in [0.2, 0.25) is 0 Å². The first kappa shape index (κ1) is 19.0. The van der Waals surface area contributed by atoms with E-state index in [1.54, 1.807) is 26.2 Å². The predicted octanol–water partition coefficient (Wildman–Crippen LogP) is 2.24. The summed E-state index contributed by atoms with van der Waals surface area (Å²) in [5.41, 5.74) is 1.01. The molecule has 0 fully saturated rings. The molecule has 27 heavy (non-hydrogen) atoms. The summed E-state index contributed by atoms with van der Waals surface area (Å²) < 4.78 is 0.700. The highest BCUT2D eigenvalue weighted by Gasteiger charge is 2.37. The van der Waals surface area contributed by atoms with Gasteiger partial charge in [-0.3, -0.25) is 24.7 Å². The van der Waals surface area contributed by atoms with Gasteiger partial charge in [0, 0.05) is 18.9 Å². The molecule has 0 spiro atoms. The van der Waals surface area contributed by atoms with Gasteiger partial charge in [0.25, 0.3) is 5.09 Å². The third-order valence-corrected chi connectivity index (χ3v) is 4.82. The maximum absolute atomic E-state index is 12.8. The minimum absolute atomic E-state index is 0.315. The highest BCUT2D eigenvalue weighted by atomic mass is 79.9. The molecule has 1 aromatic heterocycles. The molecule has 1 aliphatic heterocycles. The summed E-state index contributed by atoms with van der Waals surface area (Å²) in [6.07, 6.45) is 3.20. The third kappa shape index (κ3) is 3.97. The summed E-state index contributed by atoms with van der Waals surface area (Å²) in [4.78, 5) is 42.0. The number of hydrogen-bond acceptors (Lipinski definition) is 8. The van der Waals surface area contributed by atoms with E-state index in [0.29, 0.717) is 34.7 Å². The SMILES string of the molecule is CC(C)(CO[N+](=O)[O-])C(=O)N1CCN=C1Nc1ccc2nccnc2c1Br. The summed E-state index contributed by atoms with van der Waals surface area (Å²) in [5, 5.41) is 12.7. The number of halogens is 1. The van der Waals surface area contributed by atoms with Crippen LogP contribution in [0.3, 0.4) is 0 Å². The molecule has 0 aliphatic carbocycles. The lowest BCUT2D eigenvalue weighted by atomic mass is 9.93. The number of nitrogens with zero attached hydrogens (tertiary/aromatic N) is 5. The van der Waals surface area contributed by atoms with Crippen LogP contribution in [0.4, 0.5) is 5.69 Å². The molecule has 0 bridgehead atoms. The van der Waals surface area contributed by atoms with Gasteiger partial charge in [-0.15, -0.1) is 10.1 Å². The molecule has 0 atom stereocenters. The minimum Gasteiger partial charge on any atom is -0.325 e. The average Bonchev–Trinajstić information content (AvgIpc) is 3.10. The number of rotatable bonds is 5. The second-order valence-electron chi connectivity index (χ2n) is 6.52. The molecule has 0 unspecified atom stereocenters. The molecule has 1 aliphatic rings. The minimum atomic E-state index is -1.08. The van der Waals surface area contributed by atoms with E-state index < -0.39 is 10.5 Å². The first-order valence-corrected chi connectivity index (χ1v) is 8.89. The van der Waals surface area contributed by atoms with Crippen LogP contribution in [-0.4, -0.2) is 51.5 Å². The summed E-state index contributed by atoms with van der Waals surface area (Å²) in [6, 6.07) is 3.62. The maximum Gasteiger partial charge on any atom is 0.294 e. The second-order valence-corrected chi connectivity index (χ2v) is 7.31. The number of carbonyl (C=O) groups excluding carboxylic acids is 1. The van der Waals surface area contributed by atoms with Crippen LogP contribution >= 0.6 is 15.9 Å². The van der Waals surface area contributed by atoms with Crippen molar-refractivity contribution in [3.05, 3.63) is 39.1 Å². The monoisotopic (exact) mass is 436 g/mol. The molecular weight excluding hydrogens is 420 g/mol. The lowest BCUT2D eigenvalue weighted by molar-refractivity contribution is -0.760. The van der Waals surface area contributed by atoms with E-state index in [1.165, 1.54) is 4.90 Å². The van der Waals surface area contributed by atoms with Crippen molar-refractivity contribution in [2.24, 2.45) is 10.4 Å². The van der Waals surface area contributed by atoms with E-state index in [1.807, 2.05) is 12.1 Å². The standard InChI is InChI=1S/C16H17BrN6O4/c1-16(2,9-27-23(25)26)14(24)22-8-7-20-15(22)21-10-3-4-11-13(12(10)17)19-6-5-18-11/h3-6H,7-9H2,1-2H3,(H,20,21). The van der Waals surface area contributed by atoms with Crippen molar-refractivity contribution in [1.82, 2.24) is 14.9 Å². The van der Waals surface area contributed by atoms with Crippen molar-refractivity contribution in [3.8, 4) is 0 Å². The summed E-state index contributed by atoms with van der Waals surface area (Å²) >= 11 is 3.51. The van der Waals surface area contributed by atoms with Gasteiger partial charge in [-0.2, -0.15) is 0 Å². The predicted molar refractivity (Wildman–Crippen MR) is 102 cm³/mol. The number of aliphatic imine (C=N–C) groups is 1.